The summed E-state index contributed by atoms with van der Waals surface area (Å²) in [5.41, 5.74) is 11.1. The van der Waals surface area contributed by atoms with Crippen LogP contribution in [0.2, 0.25) is 0 Å². The maximum atomic E-state index is 11.2. The lowest BCUT2D eigenvalue weighted by molar-refractivity contribution is 0.253. The number of piperidine rings is 1. The van der Waals surface area contributed by atoms with Gasteiger partial charge in [-0.3, -0.25) is 0 Å². The number of pyridine rings is 1. The Balaban J connectivity index is 2.43. The molecule has 0 aliphatic carbocycles. The lowest BCUT2D eigenvalue weighted by Gasteiger charge is -2.30. The van der Waals surface area contributed by atoms with E-state index in [1.807, 2.05) is 0 Å². The summed E-state index contributed by atoms with van der Waals surface area (Å²) in [4.78, 5) is 28.6. The summed E-state index contributed by atoms with van der Waals surface area (Å²) in [6, 6.07) is 1.48. The second-order valence-corrected chi connectivity index (χ2v) is 5.01. The number of carbonyl (C=O) groups is 2. The third kappa shape index (κ3) is 3.35. The van der Waals surface area contributed by atoms with E-state index in [4.69, 9.17) is 23.2 Å². The number of carbonyl (C=O) groups excluding carboxylic acids is 2. The highest BCUT2D eigenvalue weighted by atomic mass is 16.2. The Kier molecular flexibility index (Phi) is 4.63. The summed E-state index contributed by atoms with van der Waals surface area (Å²) in [6.07, 6.45) is 3.27. The number of aromatic nitrogens is 1. The Morgan fingerprint density at radius 2 is 1.41 bits per heavy atom. The molecule has 1 aromatic heterocycles. The summed E-state index contributed by atoms with van der Waals surface area (Å²) >= 11 is 0. The summed E-state index contributed by atoms with van der Waals surface area (Å²) in [7, 11) is 0. The first-order valence-electron chi connectivity index (χ1n) is 6.85. The maximum Gasteiger partial charge on any atom is 0.335 e. The molecule has 1 fully saturated rings. The minimum atomic E-state index is -0.878. The lowest BCUT2D eigenvalue weighted by Crippen LogP contribution is -2.44. The summed E-state index contributed by atoms with van der Waals surface area (Å²) < 4.78 is 0. The Labute approximate surface area is 127 Å². The summed E-state index contributed by atoms with van der Waals surface area (Å²) in [5.74, 6) is 11.3. The minimum absolute atomic E-state index is 0.0854. The van der Waals surface area contributed by atoms with Gasteiger partial charge in [0.15, 0.2) is 11.6 Å². The fourth-order valence-electron chi connectivity index (χ4n) is 2.30. The molecule has 22 heavy (non-hydrogen) atoms. The van der Waals surface area contributed by atoms with Gasteiger partial charge in [0.1, 0.15) is 0 Å². The van der Waals surface area contributed by atoms with Crippen molar-refractivity contribution < 1.29 is 9.59 Å². The molecule has 0 unspecified atom stereocenters. The summed E-state index contributed by atoms with van der Waals surface area (Å²) in [5, 5.41) is 1.37. The molecule has 0 radical (unpaired) electrons. The van der Waals surface area contributed by atoms with Gasteiger partial charge in [-0.25, -0.2) is 36.3 Å². The standard InChI is InChI=1S/C12H20N8O2/c13-11(21)19(15)9-6-8(18-4-2-1-3-5-18)7-10(17-9)20(16)12(14)22/h6-7H,1-5,15-16H2,(H2,13,21)(H2,14,22). The first-order chi connectivity index (χ1) is 10.4. The topological polar surface area (TPSA) is 161 Å². The number of primary amides is 2. The van der Waals surface area contributed by atoms with Gasteiger partial charge in [-0.1, -0.05) is 0 Å². The molecular weight excluding hydrogens is 288 g/mol. The molecule has 0 bridgehead atoms. The highest BCUT2D eigenvalue weighted by molar-refractivity contribution is 5.91. The Morgan fingerprint density at radius 3 is 1.82 bits per heavy atom. The van der Waals surface area contributed by atoms with Gasteiger partial charge in [0.2, 0.25) is 0 Å². The van der Waals surface area contributed by atoms with Gasteiger partial charge in [-0.2, -0.15) is 0 Å². The van der Waals surface area contributed by atoms with E-state index >= 15 is 0 Å². The van der Waals surface area contributed by atoms with Gasteiger partial charge < -0.3 is 16.4 Å². The van der Waals surface area contributed by atoms with Crippen molar-refractivity contribution in [3.8, 4) is 0 Å². The molecule has 0 atom stereocenters. The molecule has 8 N–H and O–H groups in total. The van der Waals surface area contributed by atoms with Crippen LogP contribution >= 0.6 is 0 Å². The number of rotatable bonds is 3. The Hall–Kier alpha value is -2.59. The van der Waals surface area contributed by atoms with Crippen LogP contribution in [0.3, 0.4) is 0 Å². The van der Waals surface area contributed by atoms with Gasteiger partial charge in [-0.05, 0) is 19.3 Å². The Morgan fingerprint density at radius 1 is 0.955 bits per heavy atom. The number of hydrogen-bond acceptors (Lipinski definition) is 6. The molecule has 10 nitrogen and oxygen atoms in total. The number of nitrogens with two attached hydrogens (primary N) is 4. The predicted molar refractivity (Wildman–Crippen MR) is 82.8 cm³/mol. The van der Waals surface area contributed by atoms with Crippen LogP contribution in [0.5, 0.6) is 0 Å². The van der Waals surface area contributed by atoms with E-state index in [2.05, 4.69) is 9.88 Å². The third-order valence-electron chi connectivity index (χ3n) is 3.47. The normalized spacial score (nSPS) is 14.5. The van der Waals surface area contributed by atoms with E-state index in [1.165, 1.54) is 0 Å². The SMILES string of the molecule is NC(=O)N(N)c1cc(N2CCCCC2)cc(N(N)C(N)=O)n1. The fraction of sp³-hybridized carbons (Fsp3) is 0.417. The van der Waals surface area contributed by atoms with E-state index in [0.717, 1.165) is 38.0 Å². The molecule has 1 aliphatic heterocycles. The largest absolute Gasteiger partial charge is 0.371 e. The molecule has 1 saturated heterocycles. The Bertz CT molecular complexity index is 534. The maximum absolute atomic E-state index is 11.2. The van der Waals surface area contributed by atoms with Crippen LogP contribution in [0.15, 0.2) is 12.1 Å². The number of anilines is 3. The first-order valence-corrected chi connectivity index (χ1v) is 6.85. The molecule has 2 heterocycles. The minimum Gasteiger partial charge on any atom is -0.371 e. The van der Waals surface area contributed by atoms with Crippen molar-refractivity contribution in [3.63, 3.8) is 0 Å². The zero-order chi connectivity index (χ0) is 16.3. The fourth-order valence-corrected chi connectivity index (χ4v) is 2.30. The highest BCUT2D eigenvalue weighted by Crippen LogP contribution is 2.27. The van der Waals surface area contributed by atoms with Gasteiger partial charge in [0, 0.05) is 30.9 Å². The van der Waals surface area contributed by atoms with Crippen molar-refractivity contribution in [1.82, 2.24) is 4.98 Å². The monoisotopic (exact) mass is 308 g/mol. The highest BCUT2D eigenvalue weighted by Gasteiger charge is 2.19. The van der Waals surface area contributed by atoms with Crippen LogP contribution in [0.4, 0.5) is 26.9 Å². The summed E-state index contributed by atoms with van der Waals surface area (Å²) in [6.45, 7) is 1.70. The molecule has 0 aromatic carbocycles. The van der Waals surface area contributed by atoms with E-state index in [9.17, 15) is 9.59 Å². The van der Waals surface area contributed by atoms with E-state index in [1.54, 1.807) is 12.1 Å². The average molecular weight is 308 g/mol. The van der Waals surface area contributed by atoms with Crippen LogP contribution < -0.4 is 38.1 Å². The lowest BCUT2D eigenvalue weighted by atomic mass is 10.1. The van der Waals surface area contributed by atoms with Crippen LogP contribution in [0, 0.1) is 0 Å². The van der Waals surface area contributed by atoms with E-state index in [-0.39, 0.29) is 11.6 Å². The molecule has 4 amide bonds. The van der Waals surface area contributed by atoms with Gasteiger partial charge >= 0.3 is 12.1 Å². The van der Waals surface area contributed by atoms with Crippen molar-refractivity contribution in [2.75, 3.05) is 28.0 Å². The molecule has 0 saturated carbocycles. The second-order valence-electron chi connectivity index (χ2n) is 5.01. The third-order valence-corrected chi connectivity index (χ3v) is 3.47. The number of hydrazine groups is 2. The number of hydrogen-bond donors (Lipinski definition) is 4. The number of urea groups is 2. The molecule has 10 heteroatoms. The van der Waals surface area contributed by atoms with Gasteiger partial charge in [-0.15, -0.1) is 0 Å². The van der Waals surface area contributed by atoms with Crippen molar-refractivity contribution in [2.24, 2.45) is 23.2 Å². The van der Waals surface area contributed by atoms with Crippen molar-refractivity contribution >= 4 is 29.4 Å². The smallest absolute Gasteiger partial charge is 0.335 e. The molecule has 120 valence electrons. The molecule has 0 spiro atoms. The molecular formula is C12H20N8O2. The number of amides is 4. The van der Waals surface area contributed by atoms with E-state index < -0.39 is 12.1 Å². The predicted octanol–water partition coefficient (Wildman–Crippen LogP) is -0.410. The van der Waals surface area contributed by atoms with Crippen molar-refractivity contribution in [2.45, 2.75) is 19.3 Å². The first kappa shape index (κ1) is 15.8. The number of nitrogens with zero attached hydrogens (tertiary/aromatic N) is 4. The van der Waals surface area contributed by atoms with Crippen LogP contribution in [0.1, 0.15) is 19.3 Å². The van der Waals surface area contributed by atoms with Crippen LogP contribution in [0.25, 0.3) is 0 Å². The molecule has 1 aliphatic rings. The zero-order valence-corrected chi connectivity index (χ0v) is 12.1. The van der Waals surface area contributed by atoms with Gasteiger partial charge in [0.25, 0.3) is 0 Å². The average Bonchev–Trinajstić information content (AvgIpc) is 2.53. The zero-order valence-electron chi connectivity index (χ0n) is 12.1. The second kappa shape index (κ2) is 6.45. The molecule has 2 rings (SSSR count). The van der Waals surface area contributed by atoms with Crippen LogP contribution in [-0.4, -0.2) is 30.1 Å². The van der Waals surface area contributed by atoms with E-state index in [0.29, 0.717) is 10.0 Å². The quantitative estimate of drug-likeness (QED) is 0.337. The van der Waals surface area contributed by atoms with Crippen molar-refractivity contribution in [3.05, 3.63) is 12.1 Å². The molecule has 1 aromatic rings. The van der Waals surface area contributed by atoms with Crippen molar-refractivity contribution in [1.29, 1.82) is 0 Å². The van der Waals surface area contributed by atoms with Crippen LogP contribution in [-0.2, 0) is 0 Å². The van der Waals surface area contributed by atoms with Gasteiger partial charge in [0.05, 0.1) is 0 Å².